The van der Waals surface area contributed by atoms with Crippen molar-refractivity contribution in [2.75, 3.05) is 11.9 Å². The van der Waals surface area contributed by atoms with Crippen molar-refractivity contribution in [3.8, 4) is 5.75 Å². The van der Waals surface area contributed by atoms with E-state index < -0.39 is 17.9 Å². The van der Waals surface area contributed by atoms with Crippen molar-refractivity contribution in [2.45, 2.75) is 39.2 Å². The van der Waals surface area contributed by atoms with Gasteiger partial charge in [0, 0.05) is 11.8 Å². The summed E-state index contributed by atoms with van der Waals surface area (Å²) in [4.78, 5) is 51.1. The second-order valence-corrected chi connectivity index (χ2v) is 8.12. The first kappa shape index (κ1) is 21.5. The van der Waals surface area contributed by atoms with Gasteiger partial charge in [-0.25, -0.2) is 0 Å². The van der Waals surface area contributed by atoms with Crippen LogP contribution in [0.15, 0.2) is 36.4 Å². The molecular weight excluding hydrogens is 386 g/mol. The number of carbonyl (C=O) groups is 4. The summed E-state index contributed by atoms with van der Waals surface area (Å²) in [5.74, 6) is -1.86. The number of nitrogens with one attached hydrogen (secondary N) is 1. The number of ether oxygens (including phenoxy) is 1. The SMILES string of the molecule is CC(C)CC(C(=O)Nc1cccc(OCC(N)=O)c1)N1C(=O)C2CC=CCC2C1=O. The van der Waals surface area contributed by atoms with Crippen LogP contribution >= 0.6 is 0 Å². The van der Waals surface area contributed by atoms with Crippen molar-refractivity contribution < 1.29 is 23.9 Å². The fraction of sp³-hybridized carbons (Fsp3) is 0.455. The molecule has 1 saturated heterocycles. The van der Waals surface area contributed by atoms with Crippen LogP contribution < -0.4 is 15.8 Å². The van der Waals surface area contributed by atoms with E-state index in [0.717, 1.165) is 0 Å². The minimum absolute atomic E-state index is 0.104. The van der Waals surface area contributed by atoms with Crippen molar-refractivity contribution in [3.05, 3.63) is 36.4 Å². The highest BCUT2D eigenvalue weighted by Gasteiger charge is 2.51. The fourth-order valence-corrected chi connectivity index (χ4v) is 3.95. The average Bonchev–Trinajstić information content (AvgIpc) is 2.95. The minimum Gasteiger partial charge on any atom is -0.484 e. The second-order valence-electron chi connectivity index (χ2n) is 8.12. The number of fused-ring (bicyclic) bond motifs is 1. The molecule has 3 unspecified atom stereocenters. The molecule has 0 spiro atoms. The number of imide groups is 1. The van der Waals surface area contributed by atoms with Gasteiger partial charge in [-0.1, -0.05) is 32.1 Å². The predicted molar refractivity (Wildman–Crippen MR) is 110 cm³/mol. The molecule has 30 heavy (non-hydrogen) atoms. The lowest BCUT2D eigenvalue weighted by Gasteiger charge is -2.27. The summed E-state index contributed by atoms with van der Waals surface area (Å²) in [6.45, 7) is 3.61. The van der Waals surface area contributed by atoms with Gasteiger partial charge in [-0.05, 0) is 37.3 Å². The molecule has 8 heteroatoms. The molecule has 1 aliphatic heterocycles. The summed E-state index contributed by atoms with van der Waals surface area (Å²) in [6, 6.07) is 5.64. The number of nitrogens with zero attached hydrogens (tertiary/aromatic N) is 1. The van der Waals surface area contributed by atoms with Crippen LogP contribution in [0.5, 0.6) is 5.75 Å². The van der Waals surface area contributed by atoms with Crippen LogP contribution in [0.3, 0.4) is 0 Å². The highest BCUT2D eigenvalue weighted by molar-refractivity contribution is 6.10. The molecule has 3 atom stereocenters. The number of allylic oxidation sites excluding steroid dienone is 2. The maximum atomic E-state index is 13.1. The van der Waals surface area contributed by atoms with Gasteiger partial charge in [0.15, 0.2) is 6.61 Å². The number of carbonyl (C=O) groups excluding carboxylic acids is 4. The summed E-state index contributed by atoms with van der Waals surface area (Å²) >= 11 is 0. The van der Waals surface area contributed by atoms with Gasteiger partial charge in [0.05, 0.1) is 11.8 Å². The molecule has 0 saturated carbocycles. The molecule has 1 aromatic rings. The molecule has 1 aromatic carbocycles. The molecule has 4 amide bonds. The van der Waals surface area contributed by atoms with E-state index in [4.69, 9.17) is 10.5 Å². The number of likely N-dealkylation sites (tertiary alicyclic amines) is 1. The fourth-order valence-electron chi connectivity index (χ4n) is 3.95. The zero-order chi connectivity index (χ0) is 21.8. The number of nitrogens with two attached hydrogens (primary N) is 1. The van der Waals surface area contributed by atoms with Crippen molar-refractivity contribution in [1.29, 1.82) is 0 Å². The summed E-state index contributed by atoms with van der Waals surface area (Å²) in [6.07, 6.45) is 5.27. The Morgan fingerprint density at radius 2 is 1.80 bits per heavy atom. The molecule has 1 heterocycles. The first-order valence-corrected chi connectivity index (χ1v) is 10.1. The van der Waals surface area contributed by atoms with Crippen molar-refractivity contribution in [2.24, 2.45) is 23.5 Å². The van der Waals surface area contributed by atoms with Gasteiger partial charge in [0.25, 0.3) is 5.91 Å². The van der Waals surface area contributed by atoms with Gasteiger partial charge < -0.3 is 15.8 Å². The lowest BCUT2D eigenvalue weighted by Crippen LogP contribution is -2.48. The molecule has 3 N–H and O–H groups in total. The number of primary amides is 1. The third kappa shape index (κ3) is 4.69. The highest BCUT2D eigenvalue weighted by atomic mass is 16.5. The number of amides is 4. The van der Waals surface area contributed by atoms with Gasteiger partial charge in [0.1, 0.15) is 11.8 Å². The third-order valence-corrected chi connectivity index (χ3v) is 5.33. The molecular formula is C22H27N3O5. The third-order valence-electron chi connectivity index (χ3n) is 5.33. The number of hydrogen-bond acceptors (Lipinski definition) is 5. The van der Waals surface area contributed by atoms with Gasteiger partial charge >= 0.3 is 0 Å². The summed E-state index contributed by atoms with van der Waals surface area (Å²) in [5, 5.41) is 2.78. The van der Waals surface area contributed by atoms with E-state index in [0.29, 0.717) is 30.7 Å². The quantitative estimate of drug-likeness (QED) is 0.498. The summed E-state index contributed by atoms with van der Waals surface area (Å²) in [7, 11) is 0. The van der Waals surface area contributed by atoms with E-state index in [1.807, 2.05) is 26.0 Å². The monoisotopic (exact) mass is 413 g/mol. The van der Waals surface area contributed by atoms with Crippen LogP contribution in [0.25, 0.3) is 0 Å². The summed E-state index contributed by atoms with van der Waals surface area (Å²) in [5.41, 5.74) is 5.52. The molecule has 0 radical (unpaired) electrons. The van der Waals surface area contributed by atoms with Crippen molar-refractivity contribution in [3.63, 3.8) is 0 Å². The Kier molecular flexibility index (Phi) is 6.54. The Hall–Kier alpha value is -3.16. The number of rotatable bonds is 8. The zero-order valence-electron chi connectivity index (χ0n) is 17.2. The van der Waals surface area contributed by atoms with Crippen LogP contribution in [0.2, 0.25) is 0 Å². The Morgan fingerprint density at radius 1 is 1.17 bits per heavy atom. The van der Waals surface area contributed by atoms with E-state index in [2.05, 4.69) is 5.32 Å². The molecule has 160 valence electrons. The Labute approximate surface area is 175 Å². The number of benzene rings is 1. The van der Waals surface area contributed by atoms with Crippen LogP contribution in [-0.4, -0.2) is 41.2 Å². The van der Waals surface area contributed by atoms with Gasteiger partial charge in [-0.3, -0.25) is 24.1 Å². The Bertz CT molecular complexity index is 853. The first-order chi connectivity index (χ1) is 14.3. The van der Waals surface area contributed by atoms with E-state index >= 15 is 0 Å². The lowest BCUT2D eigenvalue weighted by atomic mass is 9.85. The Balaban J connectivity index is 1.78. The van der Waals surface area contributed by atoms with Gasteiger partial charge in [-0.2, -0.15) is 0 Å². The highest BCUT2D eigenvalue weighted by Crippen LogP contribution is 2.37. The molecule has 0 bridgehead atoms. The predicted octanol–water partition coefficient (Wildman–Crippen LogP) is 1.86. The van der Waals surface area contributed by atoms with E-state index in [9.17, 15) is 19.2 Å². The minimum atomic E-state index is -0.884. The van der Waals surface area contributed by atoms with E-state index in [1.54, 1.807) is 24.3 Å². The maximum absolute atomic E-state index is 13.1. The second kappa shape index (κ2) is 9.11. The topological polar surface area (TPSA) is 119 Å². The molecule has 1 aliphatic carbocycles. The van der Waals surface area contributed by atoms with Crippen LogP contribution in [0.1, 0.15) is 33.1 Å². The van der Waals surface area contributed by atoms with E-state index in [1.165, 1.54) is 4.90 Å². The normalized spacial score (nSPS) is 21.5. The lowest BCUT2D eigenvalue weighted by molar-refractivity contribution is -0.147. The van der Waals surface area contributed by atoms with Crippen molar-refractivity contribution in [1.82, 2.24) is 4.90 Å². The molecule has 0 aromatic heterocycles. The standard InChI is InChI=1S/C22H27N3O5/c1-13(2)10-18(25-21(28)16-8-3-4-9-17(16)22(25)29)20(27)24-14-6-5-7-15(11-14)30-12-19(23)26/h3-7,11,13,16-18H,8-10,12H2,1-2H3,(H2,23,26)(H,24,27). The molecule has 2 aliphatic rings. The Morgan fingerprint density at radius 3 is 2.37 bits per heavy atom. The zero-order valence-corrected chi connectivity index (χ0v) is 17.2. The van der Waals surface area contributed by atoms with Gasteiger partial charge in [0.2, 0.25) is 17.7 Å². The largest absolute Gasteiger partial charge is 0.484 e. The molecule has 1 fully saturated rings. The summed E-state index contributed by atoms with van der Waals surface area (Å²) < 4.78 is 5.26. The van der Waals surface area contributed by atoms with Gasteiger partial charge in [-0.15, -0.1) is 0 Å². The van der Waals surface area contributed by atoms with Crippen LogP contribution in [0.4, 0.5) is 5.69 Å². The van der Waals surface area contributed by atoms with E-state index in [-0.39, 0.29) is 36.2 Å². The average molecular weight is 413 g/mol. The maximum Gasteiger partial charge on any atom is 0.255 e. The van der Waals surface area contributed by atoms with Crippen molar-refractivity contribution >= 4 is 29.3 Å². The van der Waals surface area contributed by atoms with Crippen LogP contribution in [-0.2, 0) is 19.2 Å². The first-order valence-electron chi connectivity index (χ1n) is 10.1. The molecule has 8 nitrogen and oxygen atoms in total. The number of hydrogen-bond donors (Lipinski definition) is 2. The molecule has 3 rings (SSSR count). The number of anilines is 1. The smallest absolute Gasteiger partial charge is 0.255 e. The van der Waals surface area contributed by atoms with Crippen LogP contribution in [0, 0.1) is 17.8 Å².